The quantitative estimate of drug-likeness (QED) is 0.414. The Bertz CT molecular complexity index is 999. The molecule has 156 valence electrons. The van der Waals surface area contributed by atoms with Gasteiger partial charge in [-0.1, -0.05) is 42.5 Å². The summed E-state index contributed by atoms with van der Waals surface area (Å²) in [5.41, 5.74) is 9.99. The van der Waals surface area contributed by atoms with Crippen LogP contribution in [-0.2, 0) is 9.53 Å². The fraction of sp³-hybridized carbons (Fsp3) is 0.304. The molecule has 1 heterocycles. The summed E-state index contributed by atoms with van der Waals surface area (Å²) in [4.78, 5) is 28.1. The van der Waals surface area contributed by atoms with Crippen molar-refractivity contribution in [3.05, 3.63) is 87.1 Å². The molecule has 0 fully saturated rings. The SMILES string of the molecule is COC(=O)C1=C(CCC(N)c2ccccc2)N=C(C)CC1c1cccc([N+](=O)[O-])c1. The predicted octanol–water partition coefficient (Wildman–Crippen LogP) is 4.45. The average Bonchev–Trinajstić information content (AvgIpc) is 2.77. The van der Waals surface area contributed by atoms with E-state index in [1.807, 2.05) is 37.3 Å². The van der Waals surface area contributed by atoms with E-state index in [4.69, 9.17) is 10.5 Å². The number of methoxy groups -OCH3 is 1. The molecule has 3 rings (SSSR count). The maximum atomic E-state index is 12.7. The lowest BCUT2D eigenvalue weighted by Crippen LogP contribution is -2.22. The van der Waals surface area contributed by atoms with Crippen molar-refractivity contribution in [2.45, 2.75) is 38.1 Å². The van der Waals surface area contributed by atoms with E-state index < -0.39 is 10.9 Å². The first-order valence-corrected chi connectivity index (χ1v) is 9.81. The first kappa shape index (κ1) is 21.4. The van der Waals surface area contributed by atoms with Gasteiger partial charge in [-0.2, -0.15) is 0 Å². The third kappa shape index (κ3) is 4.80. The molecule has 2 aromatic carbocycles. The van der Waals surface area contributed by atoms with Gasteiger partial charge in [0, 0.05) is 29.8 Å². The molecule has 2 N–H and O–H groups in total. The van der Waals surface area contributed by atoms with Crippen LogP contribution in [0.4, 0.5) is 5.69 Å². The van der Waals surface area contributed by atoms with Crippen LogP contribution in [0.3, 0.4) is 0 Å². The van der Waals surface area contributed by atoms with E-state index >= 15 is 0 Å². The highest BCUT2D eigenvalue weighted by atomic mass is 16.6. The Labute approximate surface area is 175 Å². The molecule has 30 heavy (non-hydrogen) atoms. The Morgan fingerprint density at radius 3 is 2.67 bits per heavy atom. The van der Waals surface area contributed by atoms with E-state index in [-0.39, 0.29) is 17.6 Å². The largest absolute Gasteiger partial charge is 0.466 e. The molecule has 0 spiro atoms. The minimum atomic E-state index is -0.467. The molecule has 0 saturated carbocycles. The molecule has 7 nitrogen and oxygen atoms in total. The second kappa shape index (κ2) is 9.45. The van der Waals surface area contributed by atoms with Crippen LogP contribution in [0.2, 0.25) is 0 Å². The molecule has 1 aliphatic heterocycles. The fourth-order valence-corrected chi connectivity index (χ4v) is 3.79. The normalized spacial score (nSPS) is 17.3. The van der Waals surface area contributed by atoms with Crippen LogP contribution in [-0.4, -0.2) is 23.7 Å². The van der Waals surface area contributed by atoms with Crippen LogP contribution in [0.5, 0.6) is 0 Å². The Balaban J connectivity index is 1.95. The average molecular weight is 407 g/mol. The molecule has 0 aromatic heterocycles. The number of hydrogen-bond acceptors (Lipinski definition) is 6. The number of nitro groups is 1. The second-order valence-corrected chi connectivity index (χ2v) is 7.36. The number of non-ortho nitro benzene ring substituents is 1. The summed E-state index contributed by atoms with van der Waals surface area (Å²) in [5, 5.41) is 11.2. The highest BCUT2D eigenvalue weighted by Crippen LogP contribution is 2.38. The van der Waals surface area contributed by atoms with Gasteiger partial charge in [0.05, 0.1) is 23.3 Å². The molecule has 0 radical (unpaired) electrons. The van der Waals surface area contributed by atoms with Crippen molar-refractivity contribution in [1.29, 1.82) is 0 Å². The van der Waals surface area contributed by atoms with Crippen molar-refractivity contribution >= 4 is 17.4 Å². The van der Waals surface area contributed by atoms with E-state index in [1.54, 1.807) is 12.1 Å². The topological polar surface area (TPSA) is 108 Å². The van der Waals surface area contributed by atoms with E-state index in [2.05, 4.69) is 4.99 Å². The molecule has 2 unspecified atom stereocenters. The summed E-state index contributed by atoms with van der Waals surface area (Å²) in [6.45, 7) is 1.90. The molecular weight excluding hydrogens is 382 g/mol. The maximum absolute atomic E-state index is 12.7. The van der Waals surface area contributed by atoms with Crippen LogP contribution in [0.25, 0.3) is 0 Å². The van der Waals surface area contributed by atoms with Crippen molar-refractivity contribution in [2.75, 3.05) is 7.11 Å². The van der Waals surface area contributed by atoms with Gasteiger partial charge in [-0.15, -0.1) is 0 Å². The van der Waals surface area contributed by atoms with Crippen molar-refractivity contribution in [3.63, 3.8) is 0 Å². The van der Waals surface area contributed by atoms with Crippen LogP contribution >= 0.6 is 0 Å². The Kier molecular flexibility index (Phi) is 6.74. The van der Waals surface area contributed by atoms with E-state index in [9.17, 15) is 14.9 Å². The molecule has 7 heteroatoms. The van der Waals surface area contributed by atoms with Crippen molar-refractivity contribution in [1.82, 2.24) is 0 Å². The van der Waals surface area contributed by atoms with Gasteiger partial charge in [-0.3, -0.25) is 15.1 Å². The van der Waals surface area contributed by atoms with E-state index in [0.29, 0.717) is 36.1 Å². The van der Waals surface area contributed by atoms with Crippen molar-refractivity contribution in [2.24, 2.45) is 10.7 Å². The number of rotatable bonds is 7. The van der Waals surface area contributed by atoms with Crippen LogP contribution < -0.4 is 5.73 Å². The molecule has 1 aliphatic rings. The van der Waals surface area contributed by atoms with Crippen LogP contribution in [0, 0.1) is 10.1 Å². The Hall–Kier alpha value is -3.32. The molecular formula is C23H25N3O4. The lowest BCUT2D eigenvalue weighted by molar-refractivity contribution is -0.384. The number of carbonyl (C=O) groups is 1. The summed E-state index contributed by atoms with van der Waals surface area (Å²) < 4.78 is 5.04. The highest BCUT2D eigenvalue weighted by Gasteiger charge is 2.31. The summed E-state index contributed by atoms with van der Waals surface area (Å²) in [6, 6.07) is 16.0. The number of carbonyl (C=O) groups excluding carboxylic acids is 1. The second-order valence-electron chi connectivity index (χ2n) is 7.36. The summed E-state index contributed by atoms with van der Waals surface area (Å²) >= 11 is 0. The Morgan fingerprint density at radius 2 is 2.00 bits per heavy atom. The first-order valence-electron chi connectivity index (χ1n) is 9.81. The summed E-state index contributed by atoms with van der Waals surface area (Å²) in [6.07, 6.45) is 1.61. The summed E-state index contributed by atoms with van der Waals surface area (Å²) in [5.74, 6) is -0.816. The molecule has 2 aromatic rings. The van der Waals surface area contributed by atoms with E-state index in [1.165, 1.54) is 19.2 Å². The van der Waals surface area contributed by atoms with Gasteiger partial charge in [-0.05, 0) is 37.3 Å². The van der Waals surface area contributed by atoms with Crippen molar-refractivity contribution < 1.29 is 14.5 Å². The highest BCUT2D eigenvalue weighted by molar-refractivity contribution is 5.96. The van der Waals surface area contributed by atoms with Crippen molar-refractivity contribution in [3.8, 4) is 0 Å². The third-order valence-corrected chi connectivity index (χ3v) is 5.29. The lowest BCUT2D eigenvalue weighted by Gasteiger charge is -2.26. The monoisotopic (exact) mass is 407 g/mol. The zero-order valence-corrected chi connectivity index (χ0v) is 17.1. The number of esters is 1. The minimum absolute atomic E-state index is 0.00969. The lowest BCUT2D eigenvalue weighted by atomic mass is 9.82. The number of ether oxygens (including phenoxy) is 1. The van der Waals surface area contributed by atoms with Gasteiger partial charge >= 0.3 is 5.97 Å². The number of nitrogens with zero attached hydrogens (tertiary/aromatic N) is 2. The minimum Gasteiger partial charge on any atom is -0.466 e. The molecule has 0 saturated heterocycles. The van der Waals surface area contributed by atoms with Crippen LogP contribution in [0.15, 0.2) is 70.9 Å². The molecule has 0 aliphatic carbocycles. The number of aliphatic imine (C=N–C) groups is 1. The third-order valence-electron chi connectivity index (χ3n) is 5.29. The fourth-order valence-electron chi connectivity index (χ4n) is 3.79. The van der Waals surface area contributed by atoms with Crippen LogP contribution in [0.1, 0.15) is 49.3 Å². The smallest absolute Gasteiger partial charge is 0.336 e. The van der Waals surface area contributed by atoms with Gasteiger partial charge in [0.2, 0.25) is 0 Å². The molecule has 2 atom stereocenters. The molecule has 0 amide bonds. The van der Waals surface area contributed by atoms with Gasteiger partial charge < -0.3 is 10.5 Å². The van der Waals surface area contributed by atoms with Gasteiger partial charge in [0.15, 0.2) is 0 Å². The zero-order valence-electron chi connectivity index (χ0n) is 17.1. The number of nitro benzene ring substituents is 1. The number of allylic oxidation sites excluding steroid dienone is 1. The summed E-state index contributed by atoms with van der Waals surface area (Å²) in [7, 11) is 1.33. The first-order chi connectivity index (χ1) is 14.4. The Morgan fingerprint density at radius 1 is 1.27 bits per heavy atom. The standard InChI is InChI=1S/C23H25N3O4/c1-15-13-19(17-9-6-10-18(14-17)26(28)29)22(23(27)30-2)21(25-15)12-11-20(24)16-7-4-3-5-8-16/h3-10,14,19-20H,11-13,24H2,1-2H3. The van der Waals surface area contributed by atoms with Gasteiger partial charge in [0.1, 0.15) is 0 Å². The van der Waals surface area contributed by atoms with E-state index in [0.717, 1.165) is 11.3 Å². The molecule has 0 bridgehead atoms. The zero-order chi connectivity index (χ0) is 21.7. The predicted molar refractivity (Wildman–Crippen MR) is 115 cm³/mol. The number of benzene rings is 2. The number of nitrogens with two attached hydrogens (primary N) is 1. The maximum Gasteiger partial charge on any atom is 0.336 e. The van der Waals surface area contributed by atoms with Gasteiger partial charge in [0.25, 0.3) is 5.69 Å². The number of hydrogen-bond donors (Lipinski definition) is 1. The van der Waals surface area contributed by atoms with Gasteiger partial charge in [-0.25, -0.2) is 4.79 Å².